The van der Waals surface area contributed by atoms with Crippen LogP contribution in [0.2, 0.25) is 0 Å². The molecular weight excluding hydrogens is 194 g/mol. The summed E-state index contributed by atoms with van der Waals surface area (Å²) >= 11 is 0. The van der Waals surface area contributed by atoms with E-state index in [9.17, 15) is 8.42 Å². The van der Waals surface area contributed by atoms with Crippen LogP contribution >= 0.6 is 0 Å². The topological polar surface area (TPSA) is 95.2 Å². The fourth-order valence-electron chi connectivity index (χ4n) is 0.740. The van der Waals surface area contributed by atoms with E-state index in [0.29, 0.717) is 11.6 Å². The highest BCUT2D eigenvalue weighted by Crippen LogP contribution is 2.04. The molecule has 0 radical (unpaired) electrons. The van der Waals surface area contributed by atoms with E-state index < -0.39 is 10.0 Å². The lowest BCUT2D eigenvalue weighted by Gasteiger charge is -1.98. The molecule has 0 aliphatic rings. The van der Waals surface area contributed by atoms with Gasteiger partial charge in [-0.25, -0.2) is 13.6 Å². The van der Waals surface area contributed by atoms with E-state index >= 15 is 0 Å². The first kappa shape index (κ1) is 9.87. The summed E-state index contributed by atoms with van der Waals surface area (Å²) in [5.74, 6) is 0.0162. The van der Waals surface area contributed by atoms with Crippen LogP contribution in [-0.2, 0) is 15.8 Å². The van der Waals surface area contributed by atoms with Crippen LogP contribution in [0.1, 0.15) is 5.69 Å². The van der Waals surface area contributed by atoms with Crippen LogP contribution in [0.15, 0.2) is 12.1 Å². The van der Waals surface area contributed by atoms with Crippen LogP contribution in [-0.4, -0.2) is 25.7 Å². The van der Waals surface area contributed by atoms with Crippen molar-refractivity contribution in [2.45, 2.75) is 5.75 Å². The SMILES string of the molecule is COc1ccc(CS(N)(=O)=O)nn1. The number of sulfonamides is 1. The molecule has 13 heavy (non-hydrogen) atoms. The van der Waals surface area contributed by atoms with Crippen molar-refractivity contribution in [3.05, 3.63) is 17.8 Å². The summed E-state index contributed by atoms with van der Waals surface area (Å²) in [4.78, 5) is 0. The lowest BCUT2D eigenvalue weighted by molar-refractivity contribution is 0.391. The third kappa shape index (κ3) is 3.34. The van der Waals surface area contributed by atoms with Gasteiger partial charge in [0.15, 0.2) is 0 Å². The molecule has 7 heteroatoms. The fraction of sp³-hybridized carbons (Fsp3) is 0.333. The molecule has 0 aliphatic heterocycles. The molecule has 0 saturated carbocycles. The minimum absolute atomic E-state index is 0.295. The predicted molar refractivity (Wildman–Crippen MR) is 45.4 cm³/mol. The molecule has 0 aromatic carbocycles. The quantitative estimate of drug-likeness (QED) is 0.699. The van der Waals surface area contributed by atoms with Gasteiger partial charge in [-0.2, -0.15) is 5.10 Å². The molecule has 0 saturated heterocycles. The van der Waals surface area contributed by atoms with Gasteiger partial charge >= 0.3 is 0 Å². The Labute approximate surface area is 75.8 Å². The minimum Gasteiger partial charge on any atom is -0.480 e. The smallest absolute Gasteiger partial charge is 0.233 e. The average Bonchev–Trinajstić information content (AvgIpc) is 2.03. The summed E-state index contributed by atoms with van der Waals surface area (Å²) in [6, 6.07) is 3.02. The molecule has 0 bridgehead atoms. The standard InChI is InChI=1S/C6H9N3O3S/c1-12-6-3-2-5(8-9-6)4-13(7,10)11/h2-3H,4H2,1H3,(H2,7,10,11). The van der Waals surface area contributed by atoms with E-state index in [4.69, 9.17) is 9.88 Å². The van der Waals surface area contributed by atoms with E-state index in [1.807, 2.05) is 0 Å². The van der Waals surface area contributed by atoms with E-state index in [1.54, 1.807) is 0 Å². The number of methoxy groups -OCH3 is 1. The highest BCUT2D eigenvalue weighted by molar-refractivity contribution is 7.88. The van der Waals surface area contributed by atoms with Gasteiger partial charge in [0.05, 0.1) is 12.8 Å². The minimum atomic E-state index is -3.54. The van der Waals surface area contributed by atoms with Crippen molar-refractivity contribution in [3.8, 4) is 5.88 Å². The molecule has 1 rings (SSSR count). The molecule has 0 fully saturated rings. The summed E-state index contributed by atoms with van der Waals surface area (Å²) < 4.78 is 26.0. The lowest BCUT2D eigenvalue weighted by Crippen LogP contribution is -2.15. The number of aromatic nitrogens is 2. The van der Waals surface area contributed by atoms with Crippen molar-refractivity contribution >= 4 is 10.0 Å². The second kappa shape index (κ2) is 3.67. The van der Waals surface area contributed by atoms with Crippen molar-refractivity contribution in [3.63, 3.8) is 0 Å². The van der Waals surface area contributed by atoms with Crippen LogP contribution in [0.5, 0.6) is 5.88 Å². The van der Waals surface area contributed by atoms with Gasteiger partial charge in [0, 0.05) is 6.07 Å². The van der Waals surface area contributed by atoms with Gasteiger partial charge in [0.1, 0.15) is 5.75 Å². The van der Waals surface area contributed by atoms with E-state index in [0.717, 1.165) is 0 Å². The monoisotopic (exact) mass is 203 g/mol. The first-order valence-electron chi connectivity index (χ1n) is 3.38. The van der Waals surface area contributed by atoms with Crippen LogP contribution in [0.4, 0.5) is 0 Å². The molecule has 0 aliphatic carbocycles. The molecule has 1 aromatic rings. The summed E-state index contributed by atoms with van der Waals surface area (Å²) in [6.45, 7) is 0. The van der Waals surface area contributed by atoms with Crippen molar-refractivity contribution in [1.29, 1.82) is 0 Å². The highest BCUT2D eigenvalue weighted by atomic mass is 32.2. The molecule has 0 atom stereocenters. The summed E-state index contributed by atoms with van der Waals surface area (Å²) in [5, 5.41) is 12.0. The first-order valence-corrected chi connectivity index (χ1v) is 5.10. The van der Waals surface area contributed by atoms with Crippen molar-refractivity contribution < 1.29 is 13.2 Å². The number of hydrogen-bond donors (Lipinski definition) is 1. The van der Waals surface area contributed by atoms with Gasteiger partial charge in [0.2, 0.25) is 15.9 Å². The van der Waals surface area contributed by atoms with Gasteiger partial charge < -0.3 is 4.74 Å². The Bertz CT molecular complexity index is 373. The summed E-state index contributed by atoms with van der Waals surface area (Å²) in [7, 11) is -2.09. The van der Waals surface area contributed by atoms with Crippen LogP contribution < -0.4 is 9.88 Å². The van der Waals surface area contributed by atoms with Crippen molar-refractivity contribution in [1.82, 2.24) is 10.2 Å². The lowest BCUT2D eigenvalue weighted by atomic mass is 10.4. The second-order valence-corrected chi connectivity index (χ2v) is 3.99. The maximum Gasteiger partial charge on any atom is 0.233 e. The molecule has 0 spiro atoms. The molecule has 6 nitrogen and oxygen atoms in total. The van der Waals surface area contributed by atoms with Gasteiger partial charge in [-0.05, 0) is 6.07 Å². The van der Waals surface area contributed by atoms with Crippen molar-refractivity contribution in [2.75, 3.05) is 7.11 Å². The molecule has 1 aromatic heterocycles. The number of primary sulfonamides is 1. The molecule has 1 heterocycles. The van der Waals surface area contributed by atoms with Crippen LogP contribution in [0.3, 0.4) is 0 Å². The first-order chi connectivity index (χ1) is 6.01. The van der Waals surface area contributed by atoms with Gasteiger partial charge in [-0.15, -0.1) is 5.10 Å². The Morgan fingerprint density at radius 3 is 2.54 bits per heavy atom. The summed E-state index contributed by atoms with van der Waals surface area (Å²) in [5.41, 5.74) is 0.295. The Morgan fingerprint density at radius 2 is 2.15 bits per heavy atom. The largest absolute Gasteiger partial charge is 0.480 e. The molecule has 2 N–H and O–H groups in total. The Balaban J connectivity index is 2.81. The molecular formula is C6H9N3O3S. The van der Waals surface area contributed by atoms with Crippen LogP contribution in [0, 0.1) is 0 Å². The predicted octanol–water partition coefficient (Wildman–Crippen LogP) is -0.726. The van der Waals surface area contributed by atoms with Gasteiger partial charge in [-0.3, -0.25) is 0 Å². The Hall–Kier alpha value is -1.21. The molecule has 0 unspecified atom stereocenters. The summed E-state index contributed by atoms with van der Waals surface area (Å²) in [6.07, 6.45) is 0. The maximum atomic E-state index is 10.6. The number of rotatable bonds is 3. The highest BCUT2D eigenvalue weighted by Gasteiger charge is 2.06. The molecule has 0 amide bonds. The third-order valence-corrected chi connectivity index (χ3v) is 1.95. The van der Waals surface area contributed by atoms with Crippen molar-refractivity contribution in [2.24, 2.45) is 5.14 Å². The van der Waals surface area contributed by atoms with E-state index in [1.165, 1.54) is 19.2 Å². The zero-order valence-corrected chi connectivity index (χ0v) is 7.78. The normalized spacial score (nSPS) is 11.2. The maximum absolute atomic E-state index is 10.6. The van der Waals surface area contributed by atoms with Gasteiger partial charge in [0.25, 0.3) is 0 Å². The van der Waals surface area contributed by atoms with E-state index in [2.05, 4.69) is 10.2 Å². The Kier molecular flexibility index (Phi) is 2.79. The number of hydrogen-bond acceptors (Lipinski definition) is 5. The van der Waals surface area contributed by atoms with Gasteiger partial charge in [-0.1, -0.05) is 0 Å². The van der Waals surface area contributed by atoms with Crippen LogP contribution in [0.25, 0.3) is 0 Å². The number of nitrogens with two attached hydrogens (primary N) is 1. The zero-order chi connectivity index (χ0) is 9.90. The Morgan fingerprint density at radius 1 is 1.46 bits per heavy atom. The fourth-order valence-corrected chi connectivity index (χ4v) is 1.31. The number of ether oxygens (including phenoxy) is 1. The van der Waals surface area contributed by atoms with E-state index in [-0.39, 0.29) is 5.75 Å². The zero-order valence-electron chi connectivity index (χ0n) is 6.97. The third-order valence-electron chi connectivity index (χ3n) is 1.25. The second-order valence-electron chi connectivity index (χ2n) is 2.37. The molecule has 72 valence electrons. The number of nitrogens with zero attached hydrogens (tertiary/aromatic N) is 2. The average molecular weight is 203 g/mol.